The van der Waals surface area contributed by atoms with E-state index in [1.165, 1.54) is 0 Å². The lowest BCUT2D eigenvalue weighted by Gasteiger charge is -2.11. The minimum absolute atomic E-state index is 0.0345. The molecule has 1 atom stereocenters. The van der Waals surface area contributed by atoms with Gasteiger partial charge in [0.15, 0.2) is 0 Å². The highest BCUT2D eigenvalue weighted by Crippen LogP contribution is 2.03. The first-order chi connectivity index (χ1) is 7.72. The maximum Gasteiger partial charge on any atom is 0.239 e. The fourth-order valence-corrected chi connectivity index (χ4v) is 1.14. The lowest BCUT2D eigenvalue weighted by molar-refractivity contribution is -0.119. The van der Waals surface area contributed by atoms with Gasteiger partial charge in [0.05, 0.1) is 12.6 Å². The van der Waals surface area contributed by atoms with Crippen molar-refractivity contribution in [2.45, 2.75) is 13.0 Å². The predicted molar refractivity (Wildman–Crippen MR) is 64.4 cm³/mol. The van der Waals surface area contributed by atoms with Crippen molar-refractivity contribution >= 4 is 11.6 Å². The Labute approximate surface area is 96.0 Å². The van der Waals surface area contributed by atoms with E-state index in [0.717, 1.165) is 5.69 Å². The molecular formula is C12H18N2O2. The van der Waals surface area contributed by atoms with E-state index in [4.69, 9.17) is 4.74 Å². The molecule has 1 rings (SSSR count). The Morgan fingerprint density at radius 3 is 2.69 bits per heavy atom. The molecule has 4 nitrogen and oxygen atoms in total. The van der Waals surface area contributed by atoms with E-state index in [-0.39, 0.29) is 18.6 Å². The first-order valence-corrected chi connectivity index (χ1v) is 5.31. The second-order valence-electron chi connectivity index (χ2n) is 3.57. The van der Waals surface area contributed by atoms with Crippen LogP contribution in [0.4, 0.5) is 5.69 Å². The molecule has 4 heteroatoms. The number of para-hydroxylation sites is 1. The maximum absolute atomic E-state index is 11.4. The number of benzene rings is 1. The van der Waals surface area contributed by atoms with Gasteiger partial charge in [-0.2, -0.15) is 0 Å². The van der Waals surface area contributed by atoms with Crippen LogP contribution >= 0.6 is 0 Å². The smallest absolute Gasteiger partial charge is 0.239 e. The fourth-order valence-electron chi connectivity index (χ4n) is 1.14. The largest absolute Gasteiger partial charge is 0.380 e. The van der Waals surface area contributed by atoms with Gasteiger partial charge in [-0.25, -0.2) is 0 Å². The van der Waals surface area contributed by atoms with Gasteiger partial charge in [0.1, 0.15) is 0 Å². The number of methoxy groups -OCH3 is 1. The number of nitrogens with one attached hydrogen (secondary N) is 2. The Morgan fingerprint density at radius 2 is 2.06 bits per heavy atom. The van der Waals surface area contributed by atoms with Crippen LogP contribution in [0.2, 0.25) is 0 Å². The van der Waals surface area contributed by atoms with Crippen LogP contribution in [-0.2, 0) is 9.53 Å². The van der Waals surface area contributed by atoms with Gasteiger partial charge in [-0.1, -0.05) is 18.2 Å². The summed E-state index contributed by atoms with van der Waals surface area (Å²) in [5.41, 5.74) is 0.942. The lowest BCUT2D eigenvalue weighted by Crippen LogP contribution is -2.35. The third-order valence-corrected chi connectivity index (χ3v) is 2.22. The number of carbonyl (C=O) groups excluding carboxylic acids is 1. The third kappa shape index (κ3) is 4.79. The number of hydrogen-bond acceptors (Lipinski definition) is 3. The van der Waals surface area contributed by atoms with Crippen molar-refractivity contribution in [3.05, 3.63) is 30.3 Å². The summed E-state index contributed by atoms with van der Waals surface area (Å²) >= 11 is 0. The van der Waals surface area contributed by atoms with Gasteiger partial charge >= 0.3 is 0 Å². The molecule has 0 aliphatic rings. The van der Waals surface area contributed by atoms with E-state index in [1.807, 2.05) is 37.3 Å². The molecule has 0 saturated carbocycles. The molecule has 0 aliphatic carbocycles. The summed E-state index contributed by atoms with van der Waals surface area (Å²) in [5, 5.41) is 5.81. The minimum Gasteiger partial charge on any atom is -0.380 e. The minimum atomic E-state index is -0.0345. The Bertz CT molecular complexity index is 314. The SMILES string of the molecule is COC(C)CNC(=O)CNc1ccccc1. The van der Waals surface area contributed by atoms with Crippen LogP contribution in [0.5, 0.6) is 0 Å². The number of ether oxygens (including phenoxy) is 1. The quantitative estimate of drug-likeness (QED) is 0.761. The molecule has 2 N–H and O–H groups in total. The molecular weight excluding hydrogens is 204 g/mol. The second-order valence-corrected chi connectivity index (χ2v) is 3.57. The average molecular weight is 222 g/mol. The molecule has 0 bridgehead atoms. The van der Waals surface area contributed by atoms with E-state index >= 15 is 0 Å². The third-order valence-electron chi connectivity index (χ3n) is 2.22. The first kappa shape index (κ1) is 12.5. The lowest BCUT2D eigenvalue weighted by atomic mass is 10.3. The standard InChI is InChI=1S/C12H18N2O2/c1-10(16-2)8-14-12(15)9-13-11-6-4-3-5-7-11/h3-7,10,13H,8-9H2,1-2H3,(H,14,15). The highest BCUT2D eigenvalue weighted by atomic mass is 16.5. The van der Waals surface area contributed by atoms with Crippen LogP contribution in [0.25, 0.3) is 0 Å². The molecule has 1 aromatic carbocycles. The number of rotatable bonds is 6. The number of hydrogen-bond donors (Lipinski definition) is 2. The maximum atomic E-state index is 11.4. The highest BCUT2D eigenvalue weighted by molar-refractivity contribution is 5.80. The summed E-state index contributed by atoms with van der Waals surface area (Å²) in [6, 6.07) is 9.63. The van der Waals surface area contributed by atoms with E-state index < -0.39 is 0 Å². The average Bonchev–Trinajstić information content (AvgIpc) is 2.34. The summed E-state index contributed by atoms with van der Waals surface area (Å²) < 4.78 is 5.03. The predicted octanol–water partition coefficient (Wildman–Crippen LogP) is 1.25. The van der Waals surface area contributed by atoms with Crippen LogP contribution in [0.3, 0.4) is 0 Å². The van der Waals surface area contributed by atoms with Crippen LogP contribution in [0, 0.1) is 0 Å². The molecule has 0 aromatic heterocycles. The molecule has 0 radical (unpaired) electrons. The molecule has 0 fully saturated rings. The Balaban J connectivity index is 2.20. The molecule has 1 amide bonds. The van der Waals surface area contributed by atoms with Crippen molar-refractivity contribution in [1.29, 1.82) is 0 Å². The first-order valence-electron chi connectivity index (χ1n) is 5.31. The molecule has 88 valence electrons. The van der Waals surface area contributed by atoms with Gasteiger partial charge in [-0.05, 0) is 19.1 Å². The molecule has 0 aliphatic heterocycles. The van der Waals surface area contributed by atoms with Gasteiger partial charge in [-0.15, -0.1) is 0 Å². The van der Waals surface area contributed by atoms with Gasteiger partial charge in [0.2, 0.25) is 5.91 Å². The van der Waals surface area contributed by atoms with Gasteiger partial charge in [-0.3, -0.25) is 4.79 Å². The van der Waals surface area contributed by atoms with E-state index in [0.29, 0.717) is 6.54 Å². The molecule has 16 heavy (non-hydrogen) atoms. The Kier molecular flexibility index (Phi) is 5.36. The van der Waals surface area contributed by atoms with Crippen LogP contribution < -0.4 is 10.6 Å². The summed E-state index contributed by atoms with van der Waals surface area (Å²) in [6.45, 7) is 2.72. The highest BCUT2D eigenvalue weighted by Gasteiger charge is 2.03. The summed E-state index contributed by atoms with van der Waals surface area (Å²) in [4.78, 5) is 11.4. The van der Waals surface area contributed by atoms with Crippen molar-refractivity contribution < 1.29 is 9.53 Å². The van der Waals surface area contributed by atoms with Crippen molar-refractivity contribution in [2.24, 2.45) is 0 Å². The normalized spacial score (nSPS) is 11.9. The second kappa shape index (κ2) is 6.85. The van der Waals surface area contributed by atoms with E-state index in [2.05, 4.69) is 10.6 Å². The molecule has 0 heterocycles. The van der Waals surface area contributed by atoms with Gasteiger partial charge in [0, 0.05) is 19.3 Å². The molecule has 1 unspecified atom stereocenters. The Hall–Kier alpha value is -1.55. The number of amides is 1. The summed E-state index contributed by atoms with van der Waals surface area (Å²) in [6.07, 6.45) is 0.0423. The van der Waals surface area contributed by atoms with Gasteiger partial charge in [0.25, 0.3) is 0 Å². The monoisotopic (exact) mass is 222 g/mol. The molecule has 0 saturated heterocycles. The Morgan fingerprint density at radius 1 is 1.38 bits per heavy atom. The molecule has 0 spiro atoms. The van der Waals surface area contributed by atoms with Gasteiger partial charge < -0.3 is 15.4 Å². The topological polar surface area (TPSA) is 50.4 Å². The number of anilines is 1. The van der Waals surface area contributed by atoms with Crippen LogP contribution in [-0.4, -0.2) is 32.2 Å². The zero-order chi connectivity index (χ0) is 11.8. The van der Waals surface area contributed by atoms with Crippen LogP contribution in [0.1, 0.15) is 6.92 Å². The number of carbonyl (C=O) groups is 1. The molecule has 1 aromatic rings. The van der Waals surface area contributed by atoms with Crippen molar-refractivity contribution in [2.75, 3.05) is 25.5 Å². The fraction of sp³-hybridized carbons (Fsp3) is 0.417. The van der Waals surface area contributed by atoms with Crippen molar-refractivity contribution in [1.82, 2.24) is 5.32 Å². The van der Waals surface area contributed by atoms with Crippen molar-refractivity contribution in [3.8, 4) is 0 Å². The zero-order valence-corrected chi connectivity index (χ0v) is 9.69. The van der Waals surface area contributed by atoms with Crippen LogP contribution in [0.15, 0.2) is 30.3 Å². The van der Waals surface area contributed by atoms with E-state index in [9.17, 15) is 4.79 Å². The van der Waals surface area contributed by atoms with Crippen molar-refractivity contribution in [3.63, 3.8) is 0 Å². The summed E-state index contributed by atoms with van der Waals surface area (Å²) in [7, 11) is 1.62. The van der Waals surface area contributed by atoms with E-state index in [1.54, 1.807) is 7.11 Å². The zero-order valence-electron chi connectivity index (χ0n) is 9.69. The summed E-state index contributed by atoms with van der Waals surface area (Å²) in [5.74, 6) is -0.0345.